The van der Waals surface area contributed by atoms with E-state index in [0.29, 0.717) is 0 Å². The van der Waals surface area contributed by atoms with Crippen molar-refractivity contribution >= 4 is 18.3 Å². The average molecular weight is 283 g/mol. The highest BCUT2D eigenvalue weighted by molar-refractivity contribution is 5.85. The van der Waals surface area contributed by atoms with Gasteiger partial charge in [0.15, 0.2) is 0 Å². The largest absolute Gasteiger partial charge is 0.345 e. The fraction of sp³-hybridized carbons (Fsp3) is 0.533. The van der Waals surface area contributed by atoms with Crippen molar-refractivity contribution in [1.82, 2.24) is 5.32 Å². The number of hydrogen-bond acceptors (Lipinski definition) is 2. The smallest absolute Gasteiger partial charge is 0.237 e. The molecule has 0 saturated heterocycles. The van der Waals surface area contributed by atoms with Crippen molar-refractivity contribution in [2.24, 2.45) is 5.73 Å². The summed E-state index contributed by atoms with van der Waals surface area (Å²) in [6.45, 7) is 3.81. The molecule has 106 valence electrons. The number of amides is 1. The Morgan fingerprint density at radius 1 is 1.37 bits per heavy atom. The van der Waals surface area contributed by atoms with Gasteiger partial charge in [-0.3, -0.25) is 4.79 Å². The molecule has 3 N–H and O–H groups in total. The third kappa shape index (κ3) is 3.48. The van der Waals surface area contributed by atoms with E-state index in [0.717, 1.165) is 25.7 Å². The van der Waals surface area contributed by atoms with Crippen LogP contribution in [0, 0.1) is 6.92 Å². The van der Waals surface area contributed by atoms with E-state index in [9.17, 15) is 4.79 Å². The summed E-state index contributed by atoms with van der Waals surface area (Å²) in [7, 11) is 0. The van der Waals surface area contributed by atoms with E-state index in [1.54, 1.807) is 6.92 Å². The lowest BCUT2D eigenvalue weighted by Gasteiger charge is -2.32. The fourth-order valence-corrected chi connectivity index (χ4v) is 2.76. The Morgan fingerprint density at radius 3 is 2.53 bits per heavy atom. The zero-order valence-electron chi connectivity index (χ0n) is 11.6. The van der Waals surface area contributed by atoms with E-state index in [1.807, 2.05) is 0 Å². The molecular formula is C15H23ClN2O. The normalized spacial score (nSPS) is 18.5. The number of hydrogen-bond donors (Lipinski definition) is 2. The van der Waals surface area contributed by atoms with E-state index in [1.165, 1.54) is 11.1 Å². The maximum atomic E-state index is 11.9. The highest BCUT2D eigenvalue weighted by Crippen LogP contribution is 2.39. The van der Waals surface area contributed by atoms with Gasteiger partial charge in [0, 0.05) is 0 Å². The highest BCUT2D eigenvalue weighted by atomic mass is 35.5. The number of benzene rings is 1. The summed E-state index contributed by atoms with van der Waals surface area (Å²) in [4.78, 5) is 11.9. The van der Waals surface area contributed by atoms with Crippen molar-refractivity contribution in [1.29, 1.82) is 0 Å². The summed E-state index contributed by atoms with van der Waals surface area (Å²) in [6.07, 6.45) is 4.34. The minimum Gasteiger partial charge on any atom is -0.345 e. The molecule has 0 bridgehead atoms. The Morgan fingerprint density at radius 2 is 2.00 bits per heavy atom. The van der Waals surface area contributed by atoms with Gasteiger partial charge in [-0.25, -0.2) is 0 Å². The zero-order chi connectivity index (χ0) is 13.2. The van der Waals surface area contributed by atoms with Crippen molar-refractivity contribution in [3.05, 3.63) is 35.4 Å². The molecule has 1 amide bonds. The molecule has 1 atom stereocenters. The van der Waals surface area contributed by atoms with E-state index < -0.39 is 6.04 Å². The van der Waals surface area contributed by atoms with Crippen molar-refractivity contribution < 1.29 is 4.79 Å². The van der Waals surface area contributed by atoms with Gasteiger partial charge in [-0.1, -0.05) is 42.7 Å². The first-order chi connectivity index (χ1) is 8.53. The van der Waals surface area contributed by atoms with Crippen LogP contribution in [0.25, 0.3) is 0 Å². The molecule has 0 aliphatic heterocycles. The maximum Gasteiger partial charge on any atom is 0.237 e. The Hall–Kier alpha value is -1.06. The van der Waals surface area contributed by atoms with Crippen LogP contribution in [-0.4, -0.2) is 11.9 Å². The number of rotatable bonds is 3. The number of nitrogens with one attached hydrogen (secondary N) is 1. The second-order valence-corrected chi connectivity index (χ2v) is 5.44. The van der Waals surface area contributed by atoms with Crippen molar-refractivity contribution in [3.8, 4) is 0 Å². The lowest BCUT2D eigenvalue weighted by atomic mass is 9.87. The average Bonchev–Trinajstić information content (AvgIpc) is 2.78. The standard InChI is InChI=1S/C15H22N2O.ClH/c1-11-6-5-7-13(10-11)15(8-3-4-9-15)17-14(18)12(2)16;/h5-7,10,12H,3-4,8-9,16H2,1-2H3,(H,17,18);1H/t12-;/m0./s1. The molecule has 1 aliphatic rings. The monoisotopic (exact) mass is 282 g/mol. The van der Waals surface area contributed by atoms with Gasteiger partial charge < -0.3 is 11.1 Å². The van der Waals surface area contributed by atoms with Crippen LogP contribution in [0.15, 0.2) is 24.3 Å². The minimum absolute atomic E-state index is 0. The molecule has 0 heterocycles. The molecule has 3 nitrogen and oxygen atoms in total. The maximum absolute atomic E-state index is 11.9. The third-order valence-corrected chi connectivity index (χ3v) is 3.80. The summed E-state index contributed by atoms with van der Waals surface area (Å²) in [5.74, 6) is -0.0570. The molecule has 4 heteroatoms. The zero-order valence-corrected chi connectivity index (χ0v) is 12.4. The molecule has 0 radical (unpaired) electrons. The van der Waals surface area contributed by atoms with Gasteiger partial charge in [0.2, 0.25) is 5.91 Å². The van der Waals surface area contributed by atoms with Crippen LogP contribution in [0.2, 0.25) is 0 Å². The Balaban J connectivity index is 0.00000180. The quantitative estimate of drug-likeness (QED) is 0.895. The van der Waals surface area contributed by atoms with Gasteiger partial charge in [0.1, 0.15) is 0 Å². The molecule has 19 heavy (non-hydrogen) atoms. The van der Waals surface area contributed by atoms with Crippen LogP contribution in [0.3, 0.4) is 0 Å². The number of carbonyl (C=O) groups excluding carboxylic acids is 1. The molecule has 1 aliphatic carbocycles. The summed E-state index contributed by atoms with van der Waals surface area (Å²) in [5.41, 5.74) is 7.92. The van der Waals surface area contributed by atoms with E-state index in [4.69, 9.17) is 5.73 Å². The van der Waals surface area contributed by atoms with Crippen molar-refractivity contribution in [3.63, 3.8) is 0 Å². The highest BCUT2D eigenvalue weighted by Gasteiger charge is 2.37. The van der Waals surface area contributed by atoms with Crippen LogP contribution in [0.1, 0.15) is 43.7 Å². The van der Waals surface area contributed by atoms with Gasteiger partial charge in [-0.15, -0.1) is 12.4 Å². The number of carbonyl (C=O) groups is 1. The van der Waals surface area contributed by atoms with E-state index >= 15 is 0 Å². The van der Waals surface area contributed by atoms with Crippen LogP contribution in [-0.2, 0) is 10.3 Å². The van der Waals surface area contributed by atoms with Gasteiger partial charge in [0.25, 0.3) is 0 Å². The SMILES string of the molecule is Cc1cccc(C2(NC(=O)[C@H](C)N)CCCC2)c1.Cl. The molecule has 1 aromatic rings. The molecule has 0 unspecified atom stereocenters. The minimum atomic E-state index is -0.452. The molecule has 1 fully saturated rings. The first-order valence-electron chi connectivity index (χ1n) is 6.68. The predicted octanol–water partition coefficient (Wildman–Crippen LogP) is 2.65. The van der Waals surface area contributed by atoms with E-state index in [2.05, 4.69) is 36.5 Å². The van der Waals surface area contributed by atoms with Gasteiger partial charge in [-0.2, -0.15) is 0 Å². The summed E-state index contributed by atoms with van der Waals surface area (Å²) in [5, 5.41) is 3.17. The molecule has 1 aromatic carbocycles. The Labute approximate surface area is 121 Å². The molecule has 0 spiro atoms. The molecule has 2 rings (SSSR count). The number of nitrogens with two attached hydrogens (primary N) is 1. The van der Waals surface area contributed by atoms with Crippen LogP contribution in [0.4, 0.5) is 0 Å². The second kappa shape index (κ2) is 6.40. The second-order valence-electron chi connectivity index (χ2n) is 5.44. The summed E-state index contributed by atoms with van der Waals surface area (Å²) >= 11 is 0. The molecule has 0 aromatic heterocycles. The summed E-state index contributed by atoms with van der Waals surface area (Å²) < 4.78 is 0. The molecular weight excluding hydrogens is 260 g/mol. The van der Waals surface area contributed by atoms with Gasteiger partial charge in [0.05, 0.1) is 11.6 Å². The van der Waals surface area contributed by atoms with Crippen molar-refractivity contribution in [2.75, 3.05) is 0 Å². The fourth-order valence-electron chi connectivity index (χ4n) is 2.76. The first-order valence-corrected chi connectivity index (χ1v) is 6.68. The number of aryl methyl sites for hydroxylation is 1. The first kappa shape index (κ1) is 16.0. The Kier molecular flexibility index (Phi) is 5.39. The van der Waals surface area contributed by atoms with Crippen LogP contribution in [0.5, 0.6) is 0 Å². The van der Waals surface area contributed by atoms with Crippen LogP contribution >= 0.6 is 12.4 Å². The molecule has 1 saturated carbocycles. The number of halogens is 1. The van der Waals surface area contributed by atoms with E-state index in [-0.39, 0.29) is 23.9 Å². The lowest BCUT2D eigenvalue weighted by molar-refractivity contribution is -0.124. The van der Waals surface area contributed by atoms with Gasteiger partial charge in [-0.05, 0) is 32.3 Å². The van der Waals surface area contributed by atoms with Gasteiger partial charge >= 0.3 is 0 Å². The van der Waals surface area contributed by atoms with Crippen molar-refractivity contribution in [2.45, 2.75) is 51.1 Å². The summed E-state index contributed by atoms with van der Waals surface area (Å²) in [6, 6.07) is 7.97. The van der Waals surface area contributed by atoms with Crippen LogP contribution < -0.4 is 11.1 Å². The lowest BCUT2D eigenvalue weighted by Crippen LogP contribution is -2.49. The topological polar surface area (TPSA) is 55.1 Å². The predicted molar refractivity (Wildman–Crippen MR) is 80.4 cm³/mol. The Bertz CT molecular complexity index is 440. The third-order valence-electron chi connectivity index (χ3n) is 3.80.